The van der Waals surface area contributed by atoms with Gasteiger partial charge in [-0.15, -0.1) is 0 Å². The van der Waals surface area contributed by atoms with Crippen LogP contribution in [0.25, 0.3) is 0 Å². The Balaban J connectivity index is 1.94. The second kappa shape index (κ2) is 7.65. The van der Waals surface area contributed by atoms with Crippen LogP contribution in [-0.4, -0.2) is 35.4 Å². The zero-order chi connectivity index (χ0) is 18.6. The molecular formula is C18H20N2O5. The summed E-state index contributed by atoms with van der Waals surface area (Å²) >= 11 is 0. The SMILES string of the molecule is Cc1cc(C(=O)COC(=O)c2ccc(OCC(N)=O)cc2)c(C)n1C. The summed E-state index contributed by atoms with van der Waals surface area (Å²) in [6, 6.07) is 7.79. The number of esters is 1. The van der Waals surface area contributed by atoms with Crippen molar-refractivity contribution in [2.24, 2.45) is 12.8 Å². The van der Waals surface area contributed by atoms with E-state index in [1.54, 1.807) is 6.07 Å². The van der Waals surface area contributed by atoms with Crippen molar-refractivity contribution in [1.29, 1.82) is 0 Å². The first-order chi connectivity index (χ1) is 11.8. The molecule has 132 valence electrons. The molecule has 1 aromatic carbocycles. The Kier molecular flexibility index (Phi) is 5.59. The van der Waals surface area contributed by atoms with Gasteiger partial charge in [0.2, 0.25) is 5.78 Å². The second-order valence-corrected chi connectivity index (χ2v) is 5.62. The number of hydrogen-bond donors (Lipinski definition) is 1. The summed E-state index contributed by atoms with van der Waals surface area (Å²) in [7, 11) is 1.87. The monoisotopic (exact) mass is 344 g/mol. The minimum Gasteiger partial charge on any atom is -0.484 e. The number of carbonyl (C=O) groups excluding carboxylic acids is 3. The van der Waals surface area contributed by atoms with Crippen LogP contribution in [0.2, 0.25) is 0 Å². The van der Waals surface area contributed by atoms with Crippen molar-refractivity contribution in [1.82, 2.24) is 4.57 Å². The van der Waals surface area contributed by atoms with Gasteiger partial charge >= 0.3 is 5.97 Å². The van der Waals surface area contributed by atoms with Crippen molar-refractivity contribution in [2.75, 3.05) is 13.2 Å². The van der Waals surface area contributed by atoms with Gasteiger partial charge in [-0.2, -0.15) is 0 Å². The lowest BCUT2D eigenvalue weighted by atomic mass is 10.1. The summed E-state index contributed by atoms with van der Waals surface area (Å²) in [6.07, 6.45) is 0. The minimum atomic E-state index is -0.611. The number of Topliss-reactive ketones (excluding diaryl/α,β-unsaturated/α-hetero) is 1. The summed E-state index contributed by atoms with van der Waals surface area (Å²) in [5.74, 6) is -1.05. The highest BCUT2D eigenvalue weighted by Crippen LogP contribution is 2.15. The number of carbonyl (C=O) groups is 3. The van der Waals surface area contributed by atoms with Crippen LogP contribution in [-0.2, 0) is 16.6 Å². The third-order valence-electron chi connectivity index (χ3n) is 3.88. The molecule has 0 aliphatic heterocycles. The van der Waals surface area contributed by atoms with E-state index in [-0.39, 0.29) is 24.6 Å². The molecule has 0 aliphatic carbocycles. The number of nitrogens with zero attached hydrogens (tertiary/aromatic N) is 1. The molecule has 0 atom stereocenters. The van der Waals surface area contributed by atoms with Crippen LogP contribution < -0.4 is 10.5 Å². The first kappa shape index (κ1) is 18.3. The highest BCUT2D eigenvalue weighted by Gasteiger charge is 2.16. The molecule has 1 heterocycles. The molecule has 0 saturated heterocycles. The Labute approximate surface area is 145 Å². The summed E-state index contributed by atoms with van der Waals surface area (Å²) in [4.78, 5) is 34.9. The van der Waals surface area contributed by atoms with Gasteiger partial charge in [0.15, 0.2) is 13.2 Å². The molecular weight excluding hydrogens is 324 g/mol. The number of amides is 1. The molecule has 2 rings (SSSR count). The third kappa shape index (κ3) is 4.47. The van der Waals surface area contributed by atoms with E-state index in [4.69, 9.17) is 15.2 Å². The number of nitrogens with two attached hydrogens (primary N) is 1. The molecule has 7 nitrogen and oxygen atoms in total. The van der Waals surface area contributed by atoms with Crippen molar-refractivity contribution in [3.63, 3.8) is 0 Å². The Morgan fingerprint density at radius 2 is 1.72 bits per heavy atom. The fourth-order valence-corrected chi connectivity index (χ4v) is 2.27. The van der Waals surface area contributed by atoms with Gasteiger partial charge in [-0.25, -0.2) is 4.79 Å². The zero-order valence-corrected chi connectivity index (χ0v) is 14.4. The number of aryl methyl sites for hydroxylation is 1. The number of ether oxygens (including phenoxy) is 2. The summed E-state index contributed by atoms with van der Waals surface area (Å²) in [6.45, 7) is 3.17. The summed E-state index contributed by atoms with van der Waals surface area (Å²) < 4.78 is 12.1. The first-order valence-corrected chi connectivity index (χ1v) is 7.64. The maximum Gasteiger partial charge on any atom is 0.338 e. The molecule has 0 spiro atoms. The van der Waals surface area contributed by atoms with Gasteiger partial charge in [-0.1, -0.05) is 0 Å². The van der Waals surface area contributed by atoms with Gasteiger partial charge in [0, 0.05) is 24.0 Å². The Morgan fingerprint density at radius 3 is 2.24 bits per heavy atom. The normalized spacial score (nSPS) is 10.4. The van der Waals surface area contributed by atoms with Gasteiger partial charge in [0.05, 0.1) is 5.56 Å². The lowest BCUT2D eigenvalue weighted by Gasteiger charge is -2.06. The number of benzene rings is 1. The van der Waals surface area contributed by atoms with Crippen molar-refractivity contribution in [3.8, 4) is 5.75 Å². The van der Waals surface area contributed by atoms with E-state index in [1.807, 2.05) is 25.5 Å². The largest absolute Gasteiger partial charge is 0.484 e. The molecule has 7 heteroatoms. The van der Waals surface area contributed by atoms with E-state index in [0.717, 1.165) is 11.4 Å². The molecule has 25 heavy (non-hydrogen) atoms. The van der Waals surface area contributed by atoms with E-state index >= 15 is 0 Å². The first-order valence-electron chi connectivity index (χ1n) is 7.64. The van der Waals surface area contributed by atoms with Gasteiger partial charge in [0.1, 0.15) is 5.75 Å². The Bertz CT molecular complexity index is 806. The van der Waals surface area contributed by atoms with Crippen molar-refractivity contribution in [3.05, 3.63) is 52.8 Å². The molecule has 2 aromatic rings. The number of aromatic nitrogens is 1. The van der Waals surface area contributed by atoms with Crippen LogP contribution in [0.15, 0.2) is 30.3 Å². The van der Waals surface area contributed by atoms with Gasteiger partial charge in [-0.05, 0) is 44.2 Å². The van der Waals surface area contributed by atoms with Gasteiger partial charge in [-0.3, -0.25) is 9.59 Å². The van der Waals surface area contributed by atoms with E-state index in [1.165, 1.54) is 24.3 Å². The molecule has 1 aromatic heterocycles. The van der Waals surface area contributed by atoms with Crippen LogP contribution in [0.1, 0.15) is 32.1 Å². The van der Waals surface area contributed by atoms with Crippen molar-refractivity contribution < 1.29 is 23.9 Å². The predicted molar refractivity (Wildman–Crippen MR) is 90.6 cm³/mol. The van der Waals surface area contributed by atoms with Crippen LogP contribution in [0.4, 0.5) is 0 Å². The van der Waals surface area contributed by atoms with E-state index in [2.05, 4.69) is 0 Å². The number of ketones is 1. The summed E-state index contributed by atoms with van der Waals surface area (Å²) in [5, 5.41) is 0. The van der Waals surface area contributed by atoms with Crippen LogP contribution in [0.5, 0.6) is 5.75 Å². The molecule has 0 saturated carbocycles. The van der Waals surface area contributed by atoms with E-state index < -0.39 is 11.9 Å². The molecule has 0 fully saturated rings. The number of hydrogen-bond acceptors (Lipinski definition) is 5. The van der Waals surface area contributed by atoms with Crippen LogP contribution in [0.3, 0.4) is 0 Å². The topological polar surface area (TPSA) is 101 Å². The third-order valence-corrected chi connectivity index (χ3v) is 3.88. The fraction of sp³-hybridized carbons (Fsp3) is 0.278. The fourth-order valence-electron chi connectivity index (χ4n) is 2.27. The van der Waals surface area contributed by atoms with Crippen molar-refractivity contribution in [2.45, 2.75) is 13.8 Å². The Hall–Kier alpha value is -3.09. The lowest BCUT2D eigenvalue weighted by molar-refractivity contribution is -0.119. The van der Waals surface area contributed by atoms with E-state index in [9.17, 15) is 14.4 Å². The molecule has 2 N–H and O–H groups in total. The lowest BCUT2D eigenvalue weighted by Crippen LogP contribution is -2.20. The molecule has 0 aliphatic rings. The van der Waals surface area contributed by atoms with E-state index in [0.29, 0.717) is 11.3 Å². The highest BCUT2D eigenvalue weighted by atomic mass is 16.5. The maximum absolute atomic E-state index is 12.2. The predicted octanol–water partition coefficient (Wildman–Crippen LogP) is 1.55. The highest BCUT2D eigenvalue weighted by molar-refractivity contribution is 6.00. The second-order valence-electron chi connectivity index (χ2n) is 5.62. The summed E-state index contributed by atoms with van der Waals surface area (Å²) in [5.41, 5.74) is 7.59. The van der Waals surface area contributed by atoms with Crippen molar-refractivity contribution >= 4 is 17.7 Å². The molecule has 0 radical (unpaired) electrons. The maximum atomic E-state index is 12.2. The van der Waals surface area contributed by atoms with Gasteiger partial charge < -0.3 is 19.8 Å². The standard InChI is InChI=1S/C18H20N2O5/c1-11-8-15(12(2)20(11)3)16(21)9-25-18(23)13-4-6-14(7-5-13)24-10-17(19)22/h4-8H,9-10H2,1-3H3,(H2,19,22). The van der Waals surface area contributed by atoms with Gasteiger partial charge in [0.25, 0.3) is 5.91 Å². The average molecular weight is 344 g/mol. The minimum absolute atomic E-state index is 0.242. The number of primary amides is 1. The number of rotatable bonds is 7. The molecule has 1 amide bonds. The average Bonchev–Trinajstić information content (AvgIpc) is 2.85. The zero-order valence-electron chi connectivity index (χ0n) is 14.4. The molecule has 0 bridgehead atoms. The quantitative estimate of drug-likeness (QED) is 0.606. The van der Waals surface area contributed by atoms with Crippen LogP contribution >= 0.6 is 0 Å². The van der Waals surface area contributed by atoms with Crippen LogP contribution in [0, 0.1) is 13.8 Å². The molecule has 0 unspecified atom stereocenters. The Morgan fingerprint density at radius 1 is 1.08 bits per heavy atom. The smallest absolute Gasteiger partial charge is 0.338 e.